The monoisotopic (exact) mass is 687 g/mol. The Bertz CT molecular complexity index is 835. The van der Waals surface area contributed by atoms with Gasteiger partial charge in [-0.15, -0.1) is 0 Å². The predicted octanol–water partition coefficient (Wildman–Crippen LogP) is 10.0. The number of hydrogen-bond donors (Lipinski definition) is 2. The molecule has 0 saturated carbocycles. The third kappa shape index (κ3) is 34.2. The molecule has 3 N–H and O–H groups in total. The minimum absolute atomic E-state index is 0.0528. The highest BCUT2D eigenvalue weighted by molar-refractivity contribution is 7.47. The Morgan fingerprint density at radius 3 is 1.51 bits per heavy atom. The first-order valence-electron chi connectivity index (χ1n) is 18.8. The zero-order valence-corrected chi connectivity index (χ0v) is 30.9. The Balaban J connectivity index is 4.24. The molecule has 0 fully saturated rings. The van der Waals surface area contributed by atoms with Crippen molar-refractivity contribution in [3.8, 4) is 0 Å². The minimum Gasteiger partial charge on any atom is -0.462 e. The van der Waals surface area contributed by atoms with Gasteiger partial charge >= 0.3 is 19.8 Å². The smallest absolute Gasteiger partial charge is 0.462 e. The first-order valence-corrected chi connectivity index (χ1v) is 20.3. The highest BCUT2D eigenvalue weighted by Crippen LogP contribution is 2.43. The molecule has 0 heterocycles. The van der Waals surface area contributed by atoms with E-state index in [0.29, 0.717) is 6.42 Å². The maximum absolute atomic E-state index is 12.5. The first kappa shape index (κ1) is 45.5. The fourth-order valence-electron chi connectivity index (χ4n) is 4.95. The predicted molar refractivity (Wildman–Crippen MR) is 192 cm³/mol. The first-order chi connectivity index (χ1) is 22.8. The van der Waals surface area contributed by atoms with E-state index >= 15 is 0 Å². The van der Waals surface area contributed by atoms with Gasteiger partial charge in [0.05, 0.1) is 13.2 Å². The van der Waals surface area contributed by atoms with Gasteiger partial charge in [-0.25, -0.2) is 4.57 Å². The van der Waals surface area contributed by atoms with Gasteiger partial charge < -0.3 is 20.1 Å². The molecule has 10 heteroatoms. The summed E-state index contributed by atoms with van der Waals surface area (Å²) >= 11 is 0. The van der Waals surface area contributed by atoms with Crippen molar-refractivity contribution in [2.45, 2.75) is 174 Å². The lowest BCUT2D eigenvalue weighted by Crippen LogP contribution is -2.29. The van der Waals surface area contributed by atoms with Crippen molar-refractivity contribution in [3.05, 3.63) is 24.3 Å². The second-order valence-corrected chi connectivity index (χ2v) is 13.9. The molecule has 0 aliphatic carbocycles. The van der Waals surface area contributed by atoms with Crippen LogP contribution in [-0.4, -0.2) is 49.3 Å². The van der Waals surface area contributed by atoms with Gasteiger partial charge in [0, 0.05) is 19.4 Å². The largest absolute Gasteiger partial charge is 0.472 e. The fraction of sp³-hybridized carbons (Fsp3) is 0.838. The Labute approximate surface area is 287 Å². The van der Waals surface area contributed by atoms with Crippen LogP contribution in [0, 0.1) is 0 Å². The Kier molecular flexibility index (Phi) is 33.3. The number of allylic oxidation sites excluding steroid dienone is 4. The molecule has 0 radical (unpaired) electrons. The Hall–Kier alpha value is -1.51. The molecule has 0 rings (SSSR count). The zero-order valence-electron chi connectivity index (χ0n) is 30.0. The summed E-state index contributed by atoms with van der Waals surface area (Å²) in [5.41, 5.74) is 5.33. The molecule has 0 spiro atoms. The quantitative estimate of drug-likeness (QED) is 0.0289. The molecule has 0 aliphatic rings. The number of unbranched alkanes of at least 4 members (excludes halogenated alkanes) is 18. The van der Waals surface area contributed by atoms with E-state index in [0.717, 1.165) is 57.8 Å². The molecular weight excluding hydrogens is 617 g/mol. The van der Waals surface area contributed by atoms with E-state index in [9.17, 15) is 19.0 Å². The van der Waals surface area contributed by atoms with Crippen LogP contribution in [0.5, 0.6) is 0 Å². The minimum atomic E-state index is -4.37. The Morgan fingerprint density at radius 1 is 0.617 bits per heavy atom. The van der Waals surface area contributed by atoms with E-state index in [1.54, 1.807) is 0 Å². The maximum atomic E-state index is 12.5. The average Bonchev–Trinajstić information content (AvgIpc) is 3.05. The summed E-state index contributed by atoms with van der Waals surface area (Å²) in [6, 6.07) is 0. The van der Waals surface area contributed by atoms with Crippen LogP contribution < -0.4 is 5.73 Å². The van der Waals surface area contributed by atoms with Crippen molar-refractivity contribution < 1.29 is 37.6 Å². The normalized spacial score (nSPS) is 13.7. The van der Waals surface area contributed by atoms with Gasteiger partial charge in [-0.2, -0.15) is 0 Å². The third-order valence-electron chi connectivity index (χ3n) is 7.81. The van der Waals surface area contributed by atoms with Gasteiger partial charge in [-0.05, 0) is 51.4 Å². The number of nitrogens with two attached hydrogens (primary N) is 1. The molecule has 2 atom stereocenters. The number of phosphoric acid groups is 1. The summed E-state index contributed by atoms with van der Waals surface area (Å²) in [4.78, 5) is 34.7. The summed E-state index contributed by atoms with van der Waals surface area (Å²) in [7, 11) is -4.37. The Morgan fingerprint density at radius 2 is 1.04 bits per heavy atom. The molecule has 9 nitrogen and oxygen atoms in total. The number of carbonyl (C=O) groups excluding carboxylic acids is 2. The van der Waals surface area contributed by atoms with Crippen LogP contribution in [-0.2, 0) is 32.7 Å². The van der Waals surface area contributed by atoms with Gasteiger partial charge in [-0.3, -0.25) is 18.6 Å². The lowest BCUT2D eigenvalue weighted by molar-refractivity contribution is -0.161. The number of esters is 2. The van der Waals surface area contributed by atoms with Crippen molar-refractivity contribution in [2.75, 3.05) is 26.4 Å². The van der Waals surface area contributed by atoms with Crippen LogP contribution in [0.2, 0.25) is 0 Å². The van der Waals surface area contributed by atoms with Gasteiger partial charge in [-0.1, -0.05) is 128 Å². The molecule has 1 unspecified atom stereocenters. The number of carbonyl (C=O) groups is 2. The molecule has 0 aromatic heterocycles. The molecule has 276 valence electrons. The molecule has 0 aromatic carbocycles. The standard InChI is InChI=1S/C37H70NO8P/c1-3-5-7-9-11-13-15-17-19-21-23-25-27-29-36(39)43-33-35(34-45-47(41,42)44-32-31-38)46-37(40)30-28-26-24-22-20-18-16-14-12-10-8-6-4-2/h9-12,35H,3-8,13-34,38H2,1-2H3,(H,41,42)/b11-9-,12-10-/t35-/m1/s1. The number of ether oxygens (including phenoxy) is 2. The SMILES string of the molecule is CCCC/C=C\CCCCCCCCCC(=O)OC[C@H](COP(=O)(O)OCCN)OC(=O)CCCCCCCCC/C=C\CCCC. The summed E-state index contributed by atoms with van der Waals surface area (Å²) in [6.45, 7) is 3.64. The summed E-state index contributed by atoms with van der Waals surface area (Å²) in [5, 5.41) is 0. The van der Waals surface area contributed by atoms with E-state index in [4.69, 9.17) is 24.3 Å². The van der Waals surface area contributed by atoms with Crippen molar-refractivity contribution in [1.29, 1.82) is 0 Å². The van der Waals surface area contributed by atoms with E-state index in [1.807, 2.05) is 0 Å². The van der Waals surface area contributed by atoms with Crippen LogP contribution in [0.25, 0.3) is 0 Å². The second-order valence-electron chi connectivity index (χ2n) is 12.4. The number of hydrogen-bond acceptors (Lipinski definition) is 8. The molecule has 0 aromatic rings. The van der Waals surface area contributed by atoms with Crippen molar-refractivity contribution in [3.63, 3.8) is 0 Å². The van der Waals surface area contributed by atoms with Gasteiger partial charge in [0.1, 0.15) is 6.61 Å². The molecular formula is C37H70NO8P. The lowest BCUT2D eigenvalue weighted by atomic mass is 10.1. The van der Waals surface area contributed by atoms with Crippen LogP contribution in [0.4, 0.5) is 0 Å². The van der Waals surface area contributed by atoms with Crippen LogP contribution in [0.3, 0.4) is 0 Å². The zero-order chi connectivity index (χ0) is 34.7. The number of phosphoric ester groups is 1. The fourth-order valence-corrected chi connectivity index (χ4v) is 5.71. The van der Waals surface area contributed by atoms with Gasteiger partial charge in [0.25, 0.3) is 0 Å². The van der Waals surface area contributed by atoms with Crippen molar-refractivity contribution >= 4 is 19.8 Å². The average molecular weight is 688 g/mol. The summed E-state index contributed by atoms with van der Waals surface area (Å²) in [6.07, 6.45) is 33.4. The lowest BCUT2D eigenvalue weighted by Gasteiger charge is -2.19. The molecule has 0 amide bonds. The van der Waals surface area contributed by atoms with Crippen LogP contribution >= 0.6 is 7.82 Å². The van der Waals surface area contributed by atoms with Crippen molar-refractivity contribution in [2.24, 2.45) is 5.73 Å². The number of rotatable bonds is 35. The molecule has 0 bridgehead atoms. The van der Waals surface area contributed by atoms with Gasteiger partial charge in [0.15, 0.2) is 6.10 Å². The molecule has 0 aliphatic heterocycles. The van der Waals surface area contributed by atoms with Crippen molar-refractivity contribution in [1.82, 2.24) is 0 Å². The maximum Gasteiger partial charge on any atom is 0.472 e. The summed E-state index contributed by atoms with van der Waals surface area (Å²) < 4.78 is 32.6. The van der Waals surface area contributed by atoms with E-state index < -0.39 is 26.5 Å². The topological polar surface area (TPSA) is 134 Å². The van der Waals surface area contributed by atoms with Crippen LogP contribution in [0.15, 0.2) is 24.3 Å². The molecule has 47 heavy (non-hydrogen) atoms. The third-order valence-corrected chi connectivity index (χ3v) is 8.79. The summed E-state index contributed by atoms with van der Waals surface area (Å²) in [5.74, 6) is -0.840. The van der Waals surface area contributed by atoms with E-state index in [2.05, 4.69) is 38.2 Å². The molecule has 0 saturated heterocycles. The van der Waals surface area contributed by atoms with E-state index in [1.165, 1.54) is 77.0 Å². The van der Waals surface area contributed by atoms with Gasteiger partial charge in [0.2, 0.25) is 0 Å². The highest BCUT2D eigenvalue weighted by atomic mass is 31.2. The second kappa shape index (κ2) is 34.4. The highest BCUT2D eigenvalue weighted by Gasteiger charge is 2.25. The van der Waals surface area contributed by atoms with Crippen LogP contribution in [0.1, 0.15) is 168 Å². The van der Waals surface area contributed by atoms with E-state index in [-0.39, 0.29) is 38.6 Å².